The average Bonchev–Trinajstić information content (AvgIpc) is 2.37. The molecule has 2 N–H and O–H groups in total. The van der Waals surface area contributed by atoms with Gasteiger partial charge in [0, 0.05) is 12.2 Å². The number of hydrogen-bond acceptors (Lipinski definition) is 2. The van der Waals surface area contributed by atoms with Crippen molar-refractivity contribution >= 4 is 11.7 Å². The van der Waals surface area contributed by atoms with E-state index < -0.39 is 5.97 Å². The first-order valence-electron chi connectivity index (χ1n) is 7.14. The smallest absolute Gasteiger partial charge is 0.335 e. The Labute approximate surface area is 115 Å². The first kappa shape index (κ1) is 13.9. The fraction of sp³-hybridized carbons (Fsp3) is 0.562. The third-order valence-corrected chi connectivity index (χ3v) is 4.10. The molecular formula is C16H23NO2. The van der Waals surface area contributed by atoms with Crippen molar-refractivity contribution in [1.29, 1.82) is 0 Å². The Morgan fingerprint density at radius 2 is 2.21 bits per heavy atom. The fourth-order valence-corrected chi connectivity index (χ4v) is 2.99. The Hall–Kier alpha value is -1.51. The van der Waals surface area contributed by atoms with Crippen molar-refractivity contribution < 1.29 is 9.90 Å². The Morgan fingerprint density at radius 1 is 1.42 bits per heavy atom. The maximum atomic E-state index is 10.9. The summed E-state index contributed by atoms with van der Waals surface area (Å²) >= 11 is 0. The molecule has 0 spiro atoms. The molecule has 3 nitrogen and oxygen atoms in total. The highest BCUT2D eigenvalue weighted by Crippen LogP contribution is 2.29. The maximum absolute atomic E-state index is 10.9. The molecule has 0 aliphatic heterocycles. The second kappa shape index (κ2) is 6.09. The minimum atomic E-state index is -0.865. The van der Waals surface area contributed by atoms with Gasteiger partial charge in [0.25, 0.3) is 0 Å². The van der Waals surface area contributed by atoms with Gasteiger partial charge in [-0.3, -0.25) is 0 Å². The van der Waals surface area contributed by atoms with E-state index >= 15 is 0 Å². The monoisotopic (exact) mass is 261 g/mol. The van der Waals surface area contributed by atoms with Crippen LogP contribution in [0.3, 0.4) is 0 Å². The summed E-state index contributed by atoms with van der Waals surface area (Å²) in [5, 5.41) is 12.4. The van der Waals surface area contributed by atoms with Gasteiger partial charge < -0.3 is 10.4 Å². The highest BCUT2D eigenvalue weighted by molar-refractivity contribution is 5.88. The van der Waals surface area contributed by atoms with Gasteiger partial charge in [-0.1, -0.05) is 19.8 Å². The van der Waals surface area contributed by atoms with E-state index in [4.69, 9.17) is 5.11 Å². The fourth-order valence-electron chi connectivity index (χ4n) is 2.99. The first-order chi connectivity index (χ1) is 9.06. The zero-order valence-corrected chi connectivity index (χ0v) is 11.8. The standard InChI is InChI=1S/C16H23NO2/c1-11-4-3-5-13(8-11)10-17-15-7-6-14(16(18)19)9-12(15)2/h6-7,9,11,13,17H,3-5,8,10H2,1-2H3,(H,18,19). The first-order valence-corrected chi connectivity index (χ1v) is 7.14. The molecule has 0 aromatic heterocycles. The molecule has 1 aromatic carbocycles. The number of aryl methyl sites for hydroxylation is 1. The third kappa shape index (κ3) is 3.72. The minimum Gasteiger partial charge on any atom is -0.478 e. The molecular weight excluding hydrogens is 238 g/mol. The molecule has 2 atom stereocenters. The number of nitrogens with one attached hydrogen (secondary N) is 1. The lowest BCUT2D eigenvalue weighted by Crippen LogP contribution is -2.21. The molecule has 0 radical (unpaired) electrons. The lowest BCUT2D eigenvalue weighted by Gasteiger charge is -2.27. The van der Waals surface area contributed by atoms with E-state index in [0.29, 0.717) is 5.56 Å². The van der Waals surface area contributed by atoms with E-state index in [1.165, 1.54) is 25.7 Å². The number of hydrogen-bond donors (Lipinski definition) is 2. The van der Waals surface area contributed by atoms with Crippen molar-refractivity contribution in [3.63, 3.8) is 0 Å². The molecule has 0 bridgehead atoms. The van der Waals surface area contributed by atoms with Crippen LogP contribution in [0.25, 0.3) is 0 Å². The van der Waals surface area contributed by atoms with Crippen molar-refractivity contribution in [2.75, 3.05) is 11.9 Å². The molecule has 1 aliphatic carbocycles. The number of anilines is 1. The van der Waals surface area contributed by atoms with Crippen molar-refractivity contribution in [2.45, 2.75) is 39.5 Å². The number of rotatable bonds is 4. The van der Waals surface area contributed by atoms with E-state index in [-0.39, 0.29) is 0 Å². The van der Waals surface area contributed by atoms with Gasteiger partial charge in [0.15, 0.2) is 0 Å². The van der Waals surface area contributed by atoms with Crippen LogP contribution in [-0.4, -0.2) is 17.6 Å². The lowest BCUT2D eigenvalue weighted by atomic mass is 9.82. The minimum absolute atomic E-state index is 0.356. The third-order valence-electron chi connectivity index (χ3n) is 4.10. The van der Waals surface area contributed by atoms with E-state index in [2.05, 4.69) is 12.2 Å². The summed E-state index contributed by atoms with van der Waals surface area (Å²) in [6.45, 7) is 5.29. The maximum Gasteiger partial charge on any atom is 0.335 e. The molecule has 0 heterocycles. The van der Waals surface area contributed by atoms with Crippen LogP contribution < -0.4 is 5.32 Å². The van der Waals surface area contributed by atoms with Gasteiger partial charge in [-0.15, -0.1) is 0 Å². The van der Waals surface area contributed by atoms with Crippen LogP contribution in [-0.2, 0) is 0 Å². The number of benzene rings is 1. The van der Waals surface area contributed by atoms with Crippen LogP contribution in [0.2, 0.25) is 0 Å². The molecule has 3 heteroatoms. The molecule has 2 rings (SSSR count). The Morgan fingerprint density at radius 3 is 2.84 bits per heavy atom. The molecule has 104 valence electrons. The molecule has 1 fully saturated rings. The quantitative estimate of drug-likeness (QED) is 0.863. The van der Waals surface area contributed by atoms with E-state index in [1.54, 1.807) is 12.1 Å². The summed E-state index contributed by atoms with van der Waals surface area (Å²) in [6.07, 6.45) is 5.32. The van der Waals surface area contributed by atoms with Gasteiger partial charge >= 0.3 is 5.97 Å². The van der Waals surface area contributed by atoms with Gasteiger partial charge in [0.2, 0.25) is 0 Å². The average molecular weight is 261 g/mol. The number of carbonyl (C=O) groups is 1. The van der Waals surface area contributed by atoms with Gasteiger partial charge in [0.1, 0.15) is 0 Å². The molecule has 0 saturated heterocycles. The zero-order valence-electron chi connectivity index (χ0n) is 11.8. The SMILES string of the molecule is Cc1cc(C(=O)O)ccc1NCC1CCCC(C)C1. The lowest BCUT2D eigenvalue weighted by molar-refractivity contribution is 0.0697. The van der Waals surface area contributed by atoms with Crippen LogP contribution in [0.1, 0.15) is 48.5 Å². The number of aromatic carboxylic acids is 1. The van der Waals surface area contributed by atoms with Crippen LogP contribution in [0.4, 0.5) is 5.69 Å². The van der Waals surface area contributed by atoms with Crippen molar-refractivity contribution in [3.8, 4) is 0 Å². The topological polar surface area (TPSA) is 49.3 Å². The van der Waals surface area contributed by atoms with Gasteiger partial charge in [-0.05, 0) is 55.4 Å². The number of carboxylic acid groups (broad SMARTS) is 1. The van der Waals surface area contributed by atoms with Crippen molar-refractivity contribution in [2.24, 2.45) is 11.8 Å². The Bertz CT molecular complexity index is 456. The molecule has 1 saturated carbocycles. The normalized spacial score (nSPS) is 23.1. The molecule has 1 aliphatic rings. The van der Waals surface area contributed by atoms with Crippen molar-refractivity contribution in [1.82, 2.24) is 0 Å². The predicted molar refractivity (Wildman–Crippen MR) is 77.8 cm³/mol. The van der Waals surface area contributed by atoms with Crippen molar-refractivity contribution in [3.05, 3.63) is 29.3 Å². The summed E-state index contributed by atoms with van der Waals surface area (Å²) in [5.41, 5.74) is 2.42. The summed E-state index contributed by atoms with van der Waals surface area (Å²) in [4.78, 5) is 10.9. The van der Waals surface area contributed by atoms with Crippen LogP contribution >= 0.6 is 0 Å². The summed E-state index contributed by atoms with van der Waals surface area (Å²) in [6, 6.07) is 5.28. The van der Waals surface area contributed by atoms with Crippen LogP contribution in [0.15, 0.2) is 18.2 Å². The van der Waals surface area contributed by atoms with Gasteiger partial charge in [0.05, 0.1) is 5.56 Å². The largest absolute Gasteiger partial charge is 0.478 e. The van der Waals surface area contributed by atoms with E-state index in [1.807, 2.05) is 13.0 Å². The van der Waals surface area contributed by atoms with Crippen LogP contribution in [0, 0.1) is 18.8 Å². The highest BCUT2D eigenvalue weighted by Gasteiger charge is 2.18. The van der Waals surface area contributed by atoms with Gasteiger partial charge in [-0.2, -0.15) is 0 Å². The zero-order chi connectivity index (χ0) is 13.8. The second-order valence-corrected chi connectivity index (χ2v) is 5.85. The Kier molecular flexibility index (Phi) is 4.46. The molecule has 2 unspecified atom stereocenters. The van der Waals surface area contributed by atoms with E-state index in [0.717, 1.165) is 29.6 Å². The summed E-state index contributed by atoms with van der Waals surface area (Å²) in [5.74, 6) is 0.731. The Balaban J connectivity index is 1.94. The molecule has 1 aromatic rings. The summed E-state index contributed by atoms with van der Waals surface area (Å²) < 4.78 is 0. The summed E-state index contributed by atoms with van der Waals surface area (Å²) in [7, 11) is 0. The van der Waals surface area contributed by atoms with Gasteiger partial charge in [-0.25, -0.2) is 4.79 Å². The highest BCUT2D eigenvalue weighted by atomic mass is 16.4. The number of carboxylic acids is 1. The van der Waals surface area contributed by atoms with Crippen LogP contribution in [0.5, 0.6) is 0 Å². The molecule has 0 amide bonds. The van der Waals surface area contributed by atoms with E-state index in [9.17, 15) is 4.79 Å². The predicted octanol–water partition coefficient (Wildman–Crippen LogP) is 3.93. The second-order valence-electron chi connectivity index (χ2n) is 5.85. The molecule has 19 heavy (non-hydrogen) atoms.